The van der Waals surface area contributed by atoms with Crippen molar-refractivity contribution in [3.8, 4) is 28.8 Å². The number of pyridine rings is 1. The normalized spacial score (nSPS) is 16.1. The molecule has 0 amide bonds. The predicted octanol–water partition coefficient (Wildman–Crippen LogP) is 4.25. The van der Waals surface area contributed by atoms with Crippen molar-refractivity contribution < 1.29 is 27.4 Å². The van der Waals surface area contributed by atoms with Crippen LogP contribution in [0.4, 0.5) is 0 Å². The summed E-state index contributed by atoms with van der Waals surface area (Å²) in [6.07, 6.45) is 1.59. The number of methoxy groups -OCH3 is 2. The highest BCUT2D eigenvalue weighted by molar-refractivity contribution is 7.91. The fourth-order valence-electron chi connectivity index (χ4n) is 4.76. The van der Waals surface area contributed by atoms with Gasteiger partial charge in [-0.3, -0.25) is 4.57 Å². The van der Waals surface area contributed by atoms with Crippen LogP contribution in [0.3, 0.4) is 0 Å². The number of aromatic nitrogens is 6. The van der Waals surface area contributed by atoms with E-state index < -0.39 is 33.0 Å². The zero-order valence-corrected chi connectivity index (χ0v) is 25.3. The smallest absolute Gasteiger partial charge is 0.213 e. The third-order valence-electron chi connectivity index (χ3n) is 6.84. The van der Waals surface area contributed by atoms with Crippen LogP contribution in [-0.4, -0.2) is 70.3 Å². The minimum Gasteiger partial charge on any atom is -0.493 e. The Hall–Kier alpha value is -3.81. The predicted molar refractivity (Wildman–Crippen MR) is 155 cm³/mol. The summed E-state index contributed by atoms with van der Waals surface area (Å²) in [4.78, 5) is 13.1. The summed E-state index contributed by atoms with van der Waals surface area (Å²) in [6.45, 7) is 5.32. The second-order valence-electron chi connectivity index (χ2n) is 9.96. The van der Waals surface area contributed by atoms with Gasteiger partial charge in [-0.2, -0.15) is 0 Å². The number of hydrogen-bond donors (Lipinski definition) is 0. The van der Waals surface area contributed by atoms with Gasteiger partial charge in [0.2, 0.25) is 5.88 Å². The fraction of sp³-hybridized carbons (Fsp3) is 0.393. The van der Waals surface area contributed by atoms with Crippen molar-refractivity contribution in [2.75, 3.05) is 20.8 Å². The van der Waals surface area contributed by atoms with Crippen LogP contribution in [0.5, 0.6) is 17.4 Å². The molecule has 0 unspecified atom stereocenters. The average molecular weight is 615 g/mol. The van der Waals surface area contributed by atoms with Crippen LogP contribution in [0.25, 0.3) is 11.4 Å². The lowest BCUT2D eigenvalue weighted by Gasteiger charge is -2.25. The first-order valence-corrected chi connectivity index (χ1v) is 15.3. The van der Waals surface area contributed by atoms with Crippen molar-refractivity contribution in [2.24, 2.45) is 0 Å². The lowest BCUT2D eigenvalue weighted by atomic mass is 10.1. The minimum atomic E-state index is -3.91. The number of para-hydroxylation sites is 1. The molecule has 1 aliphatic heterocycles. The molecule has 0 spiro atoms. The number of benzene rings is 1. The van der Waals surface area contributed by atoms with Gasteiger partial charge in [0.15, 0.2) is 33.0 Å². The highest BCUT2D eigenvalue weighted by atomic mass is 35.5. The number of fused-ring (bicyclic) bond motifs is 3. The molecular weight excluding hydrogens is 584 g/mol. The van der Waals surface area contributed by atoms with E-state index in [0.29, 0.717) is 39.5 Å². The van der Waals surface area contributed by atoms with Gasteiger partial charge in [0.05, 0.1) is 41.9 Å². The van der Waals surface area contributed by atoms with E-state index in [4.69, 9.17) is 30.5 Å². The molecule has 3 aromatic heterocycles. The second-order valence-corrected chi connectivity index (χ2v) is 12.8. The molecule has 0 N–H and O–H groups in total. The van der Waals surface area contributed by atoms with Crippen molar-refractivity contribution in [1.82, 2.24) is 29.7 Å². The summed E-state index contributed by atoms with van der Waals surface area (Å²) in [5.74, 6) is 1.81. The van der Waals surface area contributed by atoms with E-state index >= 15 is 0 Å². The first-order valence-electron chi connectivity index (χ1n) is 13.2. The fourth-order valence-corrected chi connectivity index (χ4v) is 6.24. The van der Waals surface area contributed by atoms with Gasteiger partial charge in [0.1, 0.15) is 30.3 Å². The number of ether oxygens (including phenoxy) is 4. The molecule has 0 aliphatic carbocycles. The Bertz CT molecular complexity index is 1660. The van der Waals surface area contributed by atoms with E-state index in [1.165, 1.54) is 19.5 Å². The molecule has 4 aromatic rings. The Balaban J connectivity index is 1.59. The van der Waals surface area contributed by atoms with Crippen molar-refractivity contribution in [3.05, 3.63) is 71.2 Å². The van der Waals surface area contributed by atoms with Crippen LogP contribution in [-0.2, 0) is 20.3 Å². The van der Waals surface area contributed by atoms with E-state index in [2.05, 4.69) is 25.1 Å². The Labute approximate surface area is 248 Å². The molecule has 5 rings (SSSR count). The summed E-state index contributed by atoms with van der Waals surface area (Å²) in [6, 6.07) is 10.2. The molecule has 1 aromatic carbocycles. The Morgan fingerprint density at radius 2 is 1.79 bits per heavy atom. The van der Waals surface area contributed by atoms with Crippen LogP contribution >= 0.6 is 11.6 Å². The van der Waals surface area contributed by atoms with Crippen LogP contribution in [0.2, 0.25) is 5.02 Å². The molecule has 4 heterocycles. The molecule has 0 saturated heterocycles. The van der Waals surface area contributed by atoms with Crippen LogP contribution in [0.15, 0.2) is 48.8 Å². The SMILES string of the molecule is COc1cccc([C@H]2COc3c(OC)cccc3-c3nnc(CS(=O)(=O)[C@@H](C)[C@@H](OC(C)C)c4ncc(Cl)cn4)n32)n1. The number of nitrogens with zero attached hydrogens (tertiary/aromatic N) is 6. The first kappa shape index (κ1) is 29.7. The van der Waals surface area contributed by atoms with Crippen molar-refractivity contribution >= 4 is 21.4 Å². The van der Waals surface area contributed by atoms with Crippen molar-refractivity contribution in [2.45, 2.75) is 50.0 Å². The molecular formula is C28H31ClN6O6S. The van der Waals surface area contributed by atoms with Gasteiger partial charge in [-0.05, 0) is 39.0 Å². The summed E-state index contributed by atoms with van der Waals surface area (Å²) in [7, 11) is -0.834. The Morgan fingerprint density at radius 3 is 2.48 bits per heavy atom. The van der Waals surface area contributed by atoms with Gasteiger partial charge >= 0.3 is 0 Å². The molecule has 14 heteroatoms. The van der Waals surface area contributed by atoms with Gasteiger partial charge in [0.25, 0.3) is 0 Å². The summed E-state index contributed by atoms with van der Waals surface area (Å²) in [5, 5.41) is 8.12. The van der Waals surface area contributed by atoms with E-state index in [0.717, 1.165) is 0 Å². The van der Waals surface area contributed by atoms with Gasteiger partial charge < -0.3 is 18.9 Å². The summed E-state index contributed by atoms with van der Waals surface area (Å²) in [5.41, 5.74) is 1.20. The molecule has 3 atom stereocenters. The summed E-state index contributed by atoms with van der Waals surface area (Å²) < 4.78 is 52.9. The van der Waals surface area contributed by atoms with Gasteiger partial charge in [-0.1, -0.05) is 23.7 Å². The third kappa shape index (κ3) is 5.90. The molecule has 222 valence electrons. The molecule has 1 aliphatic rings. The standard InChI is InChI=1S/C28H31ClN6O6S/c1-16(2)41-25(27-30-12-18(29)13-31-27)17(3)42(36,37)15-23-33-34-28-19-8-6-10-22(38-4)26(19)40-14-21(35(23)28)20-9-7-11-24(32-20)39-5/h6-13,16-17,21,25H,14-15H2,1-5H3/t17-,21+,25+/m0/s1. The maximum Gasteiger partial charge on any atom is 0.213 e. The second kappa shape index (κ2) is 12.2. The van der Waals surface area contributed by atoms with E-state index in [-0.39, 0.29) is 24.4 Å². The number of sulfone groups is 1. The molecule has 0 radical (unpaired) electrons. The third-order valence-corrected chi connectivity index (χ3v) is 9.07. The largest absolute Gasteiger partial charge is 0.493 e. The molecule has 42 heavy (non-hydrogen) atoms. The molecule has 0 fully saturated rings. The van der Waals surface area contributed by atoms with Gasteiger partial charge in [-0.15, -0.1) is 10.2 Å². The van der Waals surface area contributed by atoms with E-state index in [1.807, 2.05) is 38.1 Å². The van der Waals surface area contributed by atoms with Crippen LogP contribution in [0, 0.1) is 0 Å². The zero-order chi connectivity index (χ0) is 30.0. The Morgan fingerprint density at radius 1 is 1.05 bits per heavy atom. The number of hydrogen-bond acceptors (Lipinski definition) is 11. The van der Waals surface area contributed by atoms with Crippen molar-refractivity contribution in [1.29, 1.82) is 0 Å². The van der Waals surface area contributed by atoms with Crippen LogP contribution < -0.4 is 14.2 Å². The topological polar surface area (TPSA) is 140 Å². The van der Waals surface area contributed by atoms with E-state index in [9.17, 15) is 8.42 Å². The van der Waals surface area contributed by atoms with Crippen LogP contribution in [0.1, 0.15) is 50.3 Å². The monoisotopic (exact) mass is 614 g/mol. The molecule has 12 nitrogen and oxygen atoms in total. The molecule has 0 bridgehead atoms. The van der Waals surface area contributed by atoms with Gasteiger partial charge in [-0.25, -0.2) is 23.4 Å². The maximum atomic E-state index is 14.0. The number of rotatable bonds is 10. The van der Waals surface area contributed by atoms with Gasteiger partial charge in [0, 0.05) is 18.5 Å². The van der Waals surface area contributed by atoms with Crippen molar-refractivity contribution in [3.63, 3.8) is 0 Å². The minimum absolute atomic E-state index is 0.110. The maximum absolute atomic E-state index is 14.0. The average Bonchev–Trinajstić information content (AvgIpc) is 3.29. The highest BCUT2D eigenvalue weighted by Gasteiger charge is 2.38. The lowest BCUT2D eigenvalue weighted by Crippen LogP contribution is -2.32. The highest BCUT2D eigenvalue weighted by Crippen LogP contribution is 2.42. The van der Waals surface area contributed by atoms with E-state index in [1.54, 1.807) is 30.7 Å². The lowest BCUT2D eigenvalue weighted by molar-refractivity contribution is 0.00142. The number of halogens is 1. The Kier molecular flexibility index (Phi) is 8.62. The summed E-state index contributed by atoms with van der Waals surface area (Å²) >= 11 is 5.97. The quantitative estimate of drug-likeness (QED) is 0.253. The molecule has 0 saturated carbocycles. The zero-order valence-electron chi connectivity index (χ0n) is 23.8. The first-order chi connectivity index (χ1) is 20.1.